The molecule has 0 unspecified atom stereocenters. The normalized spacial score (nSPS) is 10.2. The first-order valence-electron chi connectivity index (χ1n) is 3.72. The van der Waals surface area contributed by atoms with Gasteiger partial charge < -0.3 is 5.73 Å². The Labute approximate surface area is 74.5 Å². The van der Waals surface area contributed by atoms with Crippen LogP contribution in [0.3, 0.4) is 0 Å². The second-order valence-corrected chi connectivity index (χ2v) is 2.54. The molecule has 0 bridgehead atoms. The van der Waals surface area contributed by atoms with Crippen LogP contribution in [0.1, 0.15) is 5.82 Å². The van der Waals surface area contributed by atoms with E-state index in [1.165, 1.54) is 11.0 Å². The molecule has 0 aliphatic heterocycles. The van der Waals surface area contributed by atoms with E-state index in [-0.39, 0.29) is 5.95 Å². The summed E-state index contributed by atoms with van der Waals surface area (Å²) < 4.78 is 1.52. The topological polar surface area (TPSA) is 82.5 Å². The van der Waals surface area contributed by atoms with Crippen molar-refractivity contribution in [3.05, 3.63) is 24.5 Å². The summed E-state index contributed by atoms with van der Waals surface area (Å²) in [7, 11) is 0. The summed E-state index contributed by atoms with van der Waals surface area (Å²) in [4.78, 5) is 11.8. The maximum Gasteiger partial charge on any atom is 0.239 e. The van der Waals surface area contributed by atoms with Gasteiger partial charge in [0.2, 0.25) is 5.95 Å². The van der Waals surface area contributed by atoms with Gasteiger partial charge >= 0.3 is 0 Å². The van der Waals surface area contributed by atoms with Crippen LogP contribution in [0.5, 0.6) is 0 Å². The van der Waals surface area contributed by atoms with Gasteiger partial charge in [0, 0.05) is 0 Å². The molecule has 0 fully saturated rings. The first kappa shape index (κ1) is 7.66. The van der Waals surface area contributed by atoms with Crippen LogP contribution in [-0.2, 0) is 0 Å². The molecule has 6 heteroatoms. The molecule has 0 atom stereocenters. The third-order valence-corrected chi connectivity index (χ3v) is 1.54. The summed E-state index contributed by atoms with van der Waals surface area (Å²) in [5.41, 5.74) is 6.11. The highest BCUT2D eigenvalue weighted by Gasteiger charge is 1.99. The molecule has 0 spiro atoms. The molecular weight excluding hydrogens is 168 g/mol. The zero-order valence-electron chi connectivity index (χ0n) is 7.05. The van der Waals surface area contributed by atoms with Gasteiger partial charge in [0.25, 0.3) is 0 Å². The predicted molar refractivity (Wildman–Crippen MR) is 46.1 cm³/mol. The second-order valence-electron chi connectivity index (χ2n) is 2.54. The maximum atomic E-state index is 5.36. The van der Waals surface area contributed by atoms with Crippen molar-refractivity contribution in [2.24, 2.45) is 0 Å². The Morgan fingerprint density at radius 1 is 1.23 bits per heavy atom. The number of nitrogen functional groups attached to an aromatic ring is 1. The Kier molecular flexibility index (Phi) is 1.66. The van der Waals surface area contributed by atoms with Crippen molar-refractivity contribution in [2.45, 2.75) is 6.92 Å². The van der Waals surface area contributed by atoms with Crippen molar-refractivity contribution < 1.29 is 0 Å². The lowest BCUT2D eigenvalue weighted by atomic mass is 10.5. The molecule has 13 heavy (non-hydrogen) atoms. The molecule has 0 aliphatic carbocycles. The van der Waals surface area contributed by atoms with Gasteiger partial charge in [-0.1, -0.05) is 0 Å². The number of nitrogens with two attached hydrogens (primary N) is 1. The highest BCUT2D eigenvalue weighted by atomic mass is 15.4. The van der Waals surface area contributed by atoms with Crippen LogP contribution in [0.2, 0.25) is 0 Å². The van der Waals surface area contributed by atoms with Gasteiger partial charge in [0.1, 0.15) is 17.8 Å². The van der Waals surface area contributed by atoms with Crippen LogP contribution >= 0.6 is 0 Å². The molecule has 2 aromatic rings. The van der Waals surface area contributed by atoms with E-state index in [0.717, 1.165) is 11.5 Å². The first-order valence-corrected chi connectivity index (χ1v) is 3.72. The van der Waals surface area contributed by atoms with E-state index in [1.807, 2.05) is 6.92 Å². The highest BCUT2D eigenvalue weighted by molar-refractivity contribution is 5.25. The summed E-state index contributed by atoms with van der Waals surface area (Å²) in [5.74, 6) is 0.956. The number of aryl methyl sites for hydroxylation is 1. The second kappa shape index (κ2) is 2.81. The lowest BCUT2D eigenvalue weighted by Gasteiger charge is -1.97. The zero-order chi connectivity index (χ0) is 9.26. The number of aromatic nitrogens is 5. The Balaban J connectivity index is 2.41. The number of hydrogen-bond donors (Lipinski definition) is 1. The molecule has 66 valence electrons. The van der Waals surface area contributed by atoms with Gasteiger partial charge in [0.05, 0.1) is 12.4 Å². The van der Waals surface area contributed by atoms with E-state index in [1.54, 1.807) is 12.4 Å². The SMILES string of the molecule is Cc1ncc(-n2cnc(N)n2)cn1. The van der Waals surface area contributed by atoms with Gasteiger partial charge in [-0.25, -0.2) is 19.6 Å². The number of nitrogens with zero attached hydrogens (tertiary/aromatic N) is 5. The first-order chi connectivity index (χ1) is 6.25. The molecule has 0 aromatic carbocycles. The van der Waals surface area contributed by atoms with E-state index in [4.69, 9.17) is 5.73 Å². The number of rotatable bonds is 1. The summed E-state index contributed by atoms with van der Waals surface area (Å²) in [6.07, 6.45) is 4.84. The third kappa shape index (κ3) is 1.46. The Hall–Kier alpha value is -1.98. The van der Waals surface area contributed by atoms with Gasteiger partial charge in [-0.2, -0.15) is 0 Å². The van der Waals surface area contributed by atoms with Crippen molar-refractivity contribution in [1.82, 2.24) is 24.7 Å². The average molecular weight is 176 g/mol. The van der Waals surface area contributed by atoms with Crippen LogP contribution < -0.4 is 5.73 Å². The smallest absolute Gasteiger partial charge is 0.239 e. The summed E-state index contributed by atoms with van der Waals surface area (Å²) in [6.45, 7) is 1.82. The molecule has 0 amide bonds. The molecule has 0 radical (unpaired) electrons. The molecule has 2 aromatic heterocycles. The Morgan fingerprint density at radius 3 is 2.46 bits per heavy atom. The van der Waals surface area contributed by atoms with E-state index in [0.29, 0.717) is 0 Å². The Morgan fingerprint density at radius 2 is 1.92 bits per heavy atom. The fraction of sp³-hybridized carbons (Fsp3) is 0.143. The van der Waals surface area contributed by atoms with Gasteiger partial charge in [0.15, 0.2) is 0 Å². The summed E-state index contributed by atoms with van der Waals surface area (Å²) in [5, 5.41) is 3.91. The zero-order valence-corrected chi connectivity index (χ0v) is 7.05. The molecule has 2 heterocycles. The van der Waals surface area contributed by atoms with E-state index < -0.39 is 0 Å². The number of hydrogen-bond acceptors (Lipinski definition) is 5. The Bertz CT molecular complexity index is 403. The van der Waals surface area contributed by atoms with E-state index >= 15 is 0 Å². The molecule has 0 saturated heterocycles. The van der Waals surface area contributed by atoms with E-state index in [9.17, 15) is 0 Å². The minimum atomic E-state index is 0.237. The molecule has 6 nitrogen and oxygen atoms in total. The fourth-order valence-corrected chi connectivity index (χ4v) is 0.904. The van der Waals surface area contributed by atoms with Crippen LogP contribution in [0.25, 0.3) is 5.69 Å². The summed E-state index contributed by atoms with van der Waals surface area (Å²) in [6, 6.07) is 0. The van der Waals surface area contributed by atoms with Crippen molar-refractivity contribution in [3.63, 3.8) is 0 Å². The summed E-state index contributed by atoms with van der Waals surface area (Å²) >= 11 is 0. The molecular formula is C7H8N6. The van der Waals surface area contributed by atoms with Gasteiger partial charge in [-0.15, -0.1) is 5.10 Å². The quantitative estimate of drug-likeness (QED) is 0.658. The number of anilines is 1. The van der Waals surface area contributed by atoms with Crippen LogP contribution in [0, 0.1) is 6.92 Å². The molecule has 2 N–H and O–H groups in total. The van der Waals surface area contributed by atoms with Crippen LogP contribution in [0.4, 0.5) is 5.95 Å². The van der Waals surface area contributed by atoms with Crippen LogP contribution in [0.15, 0.2) is 18.7 Å². The molecule has 2 rings (SSSR count). The van der Waals surface area contributed by atoms with Crippen molar-refractivity contribution in [2.75, 3.05) is 5.73 Å². The predicted octanol–water partition coefficient (Wildman–Crippen LogP) is -0.0521. The standard InChI is InChI=1S/C7H8N6/c1-5-9-2-6(3-10-5)13-4-11-7(8)12-13/h2-4H,1H3,(H2,8,12). The fourth-order valence-electron chi connectivity index (χ4n) is 0.904. The maximum absolute atomic E-state index is 5.36. The minimum Gasteiger partial charge on any atom is -0.366 e. The lowest BCUT2D eigenvalue weighted by molar-refractivity contribution is 0.859. The van der Waals surface area contributed by atoms with Gasteiger partial charge in [-0.3, -0.25) is 0 Å². The van der Waals surface area contributed by atoms with Crippen molar-refractivity contribution in [1.29, 1.82) is 0 Å². The third-order valence-electron chi connectivity index (χ3n) is 1.54. The van der Waals surface area contributed by atoms with Crippen molar-refractivity contribution in [3.8, 4) is 5.69 Å². The van der Waals surface area contributed by atoms with Crippen molar-refractivity contribution >= 4 is 5.95 Å². The van der Waals surface area contributed by atoms with E-state index in [2.05, 4.69) is 20.1 Å². The molecule has 0 aliphatic rings. The minimum absolute atomic E-state index is 0.237. The van der Waals surface area contributed by atoms with Gasteiger partial charge in [-0.05, 0) is 6.92 Å². The largest absolute Gasteiger partial charge is 0.366 e. The van der Waals surface area contributed by atoms with Crippen LogP contribution in [-0.4, -0.2) is 24.7 Å². The molecule has 0 saturated carbocycles. The monoisotopic (exact) mass is 176 g/mol. The highest BCUT2D eigenvalue weighted by Crippen LogP contribution is 2.02. The lowest BCUT2D eigenvalue weighted by Crippen LogP contribution is -1.98. The average Bonchev–Trinajstić information content (AvgIpc) is 2.53.